The standard InChI is InChI=1S/C14H19F2NO2/c1-3-12(17(2)7-6-14(18)19)8-10-4-5-11(15)9-13(10)16/h4-5,9,12H,3,6-8H2,1-2H3,(H,18,19). The summed E-state index contributed by atoms with van der Waals surface area (Å²) in [5.74, 6) is -1.99. The van der Waals surface area contributed by atoms with Crippen LogP contribution < -0.4 is 0 Å². The summed E-state index contributed by atoms with van der Waals surface area (Å²) >= 11 is 0. The predicted octanol–water partition coefficient (Wildman–Crippen LogP) is 2.69. The van der Waals surface area contributed by atoms with Crippen LogP contribution >= 0.6 is 0 Å². The molecule has 0 aliphatic carbocycles. The molecule has 0 saturated carbocycles. The van der Waals surface area contributed by atoms with Gasteiger partial charge in [-0.05, 0) is 31.5 Å². The molecule has 0 spiro atoms. The number of nitrogens with zero attached hydrogens (tertiary/aromatic N) is 1. The molecule has 0 heterocycles. The van der Waals surface area contributed by atoms with Crippen molar-refractivity contribution in [1.29, 1.82) is 0 Å². The first kappa shape index (κ1) is 15.6. The molecule has 0 bridgehead atoms. The van der Waals surface area contributed by atoms with Gasteiger partial charge in [0.1, 0.15) is 11.6 Å². The highest BCUT2D eigenvalue weighted by atomic mass is 19.1. The molecular weight excluding hydrogens is 252 g/mol. The second kappa shape index (κ2) is 7.19. The van der Waals surface area contributed by atoms with E-state index in [1.807, 2.05) is 18.9 Å². The molecule has 1 atom stereocenters. The van der Waals surface area contributed by atoms with Gasteiger partial charge in [0.25, 0.3) is 0 Å². The zero-order chi connectivity index (χ0) is 14.4. The molecule has 106 valence electrons. The van der Waals surface area contributed by atoms with Crippen LogP contribution in [-0.4, -0.2) is 35.6 Å². The summed E-state index contributed by atoms with van der Waals surface area (Å²) in [6.45, 7) is 2.38. The first-order chi connectivity index (χ1) is 8.93. The molecule has 0 saturated heterocycles. The molecule has 0 aromatic heterocycles. The third-order valence-corrected chi connectivity index (χ3v) is 3.24. The number of halogens is 2. The van der Waals surface area contributed by atoms with Gasteiger partial charge < -0.3 is 10.0 Å². The fourth-order valence-electron chi connectivity index (χ4n) is 2.01. The summed E-state index contributed by atoms with van der Waals surface area (Å²) in [4.78, 5) is 12.4. The smallest absolute Gasteiger partial charge is 0.304 e. The number of rotatable bonds is 7. The first-order valence-corrected chi connectivity index (χ1v) is 6.30. The Morgan fingerprint density at radius 2 is 2.11 bits per heavy atom. The third kappa shape index (κ3) is 4.95. The summed E-state index contributed by atoms with van der Waals surface area (Å²) in [5, 5.41) is 8.65. The van der Waals surface area contributed by atoms with Crippen molar-refractivity contribution in [2.24, 2.45) is 0 Å². The maximum atomic E-state index is 13.6. The largest absolute Gasteiger partial charge is 0.481 e. The number of aliphatic carboxylic acids is 1. The highest BCUT2D eigenvalue weighted by Gasteiger charge is 2.16. The molecule has 1 unspecified atom stereocenters. The second-order valence-electron chi connectivity index (χ2n) is 4.63. The molecule has 0 fully saturated rings. The van der Waals surface area contributed by atoms with Gasteiger partial charge in [-0.3, -0.25) is 4.79 Å². The monoisotopic (exact) mass is 271 g/mol. The lowest BCUT2D eigenvalue weighted by molar-refractivity contribution is -0.137. The van der Waals surface area contributed by atoms with E-state index in [0.717, 1.165) is 12.5 Å². The van der Waals surface area contributed by atoms with Gasteiger partial charge in [0.05, 0.1) is 6.42 Å². The van der Waals surface area contributed by atoms with E-state index in [4.69, 9.17) is 5.11 Å². The van der Waals surface area contributed by atoms with E-state index < -0.39 is 17.6 Å². The minimum Gasteiger partial charge on any atom is -0.481 e. The number of carbonyl (C=O) groups is 1. The number of carboxylic acids is 1. The predicted molar refractivity (Wildman–Crippen MR) is 69.0 cm³/mol. The Labute approximate surface area is 111 Å². The van der Waals surface area contributed by atoms with Crippen molar-refractivity contribution < 1.29 is 18.7 Å². The molecule has 1 aromatic rings. The number of benzene rings is 1. The Morgan fingerprint density at radius 1 is 1.42 bits per heavy atom. The Balaban J connectivity index is 2.67. The molecule has 3 nitrogen and oxygen atoms in total. The molecule has 19 heavy (non-hydrogen) atoms. The quantitative estimate of drug-likeness (QED) is 0.829. The Morgan fingerprint density at radius 3 is 2.63 bits per heavy atom. The van der Waals surface area contributed by atoms with Gasteiger partial charge >= 0.3 is 5.97 Å². The minimum absolute atomic E-state index is 0.0410. The SMILES string of the molecule is CCC(Cc1ccc(F)cc1F)N(C)CCC(=O)O. The van der Waals surface area contributed by atoms with Crippen LogP contribution in [0.1, 0.15) is 25.3 Å². The summed E-state index contributed by atoms with van der Waals surface area (Å²) in [7, 11) is 1.82. The Kier molecular flexibility index (Phi) is 5.89. The van der Waals surface area contributed by atoms with Gasteiger partial charge in [-0.1, -0.05) is 13.0 Å². The van der Waals surface area contributed by atoms with Crippen LogP contribution in [0.3, 0.4) is 0 Å². The van der Waals surface area contributed by atoms with Crippen LogP contribution in [0, 0.1) is 11.6 Å². The minimum atomic E-state index is -0.852. The lowest BCUT2D eigenvalue weighted by Gasteiger charge is -2.26. The van der Waals surface area contributed by atoms with Crippen molar-refractivity contribution in [3.05, 3.63) is 35.4 Å². The van der Waals surface area contributed by atoms with E-state index in [1.54, 1.807) is 0 Å². The molecule has 0 aliphatic rings. The first-order valence-electron chi connectivity index (χ1n) is 6.30. The van der Waals surface area contributed by atoms with E-state index in [0.29, 0.717) is 18.5 Å². The number of hydrogen-bond acceptors (Lipinski definition) is 2. The molecule has 1 N–H and O–H groups in total. The second-order valence-corrected chi connectivity index (χ2v) is 4.63. The van der Waals surface area contributed by atoms with Crippen LogP contribution in [0.4, 0.5) is 8.78 Å². The van der Waals surface area contributed by atoms with Crippen LogP contribution in [0.5, 0.6) is 0 Å². The molecule has 1 rings (SSSR count). The maximum Gasteiger partial charge on any atom is 0.304 e. The average Bonchev–Trinajstić information content (AvgIpc) is 2.35. The summed E-state index contributed by atoms with van der Waals surface area (Å²) in [5.41, 5.74) is 0.454. The van der Waals surface area contributed by atoms with Crippen molar-refractivity contribution >= 4 is 5.97 Å². The molecule has 1 aromatic carbocycles. The van der Waals surface area contributed by atoms with E-state index in [-0.39, 0.29) is 12.5 Å². The molecule has 0 amide bonds. The fraction of sp³-hybridized carbons (Fsp3) is 0.500. The van der Waals surface area contributed by atoms with E-state index in [1.165, 1.54) is 12.1 Å². The third-order valence-electron chi connectivity index (χ3n) is 3.24. The molecule has 5 heteroatoms. The van der Waals surface area contributed by atoms with Gasteiger partial charge in [-0.15, -0.1) is 0 Å². The zero-order valence-corrected chi connectivity index (χ0v) is 11.2. The van der Waals surface area contributed by atoms with Crippen molar-refractivity contribution in [1.82, 2.24) is 4.90 Å². The maximum absolute atomic E-state index is 13.6. The van der Waals surface area contributed by atoms with Crippen LogP contribution in [0.15, 0.2) is 18.2 Å². The van der Waals surface area contributed by atoms with E-state index in [2.05, 4.69) is 0 Å². The van der Waals surface area contributed by atoms with Gasteiger partial charge in [0.15, 0.2) is 0 Å². The van der Waals surface area contributed by atoms with Gasteiger partial charge in [-0.25, -0.2) is 8.78 Å². The zero-order valence-electron chi connectivity index (χ0n) is 11.2. The van der Waals surface area contributed by atoms with Crippen molar-refractivity contribution in [2.75, 3.05) is 13.6 Å². The van der Waals surface area contributed by atoms with Crippen molar-refractivity contribution in [3.63, 3.8) is 0 Å². The lowest BCUT2D eigenvalue weighted by Crippen LogP contribution is -2.34. The normalized spacial score (nSPS) is 12.7. The van der Waals surface area contributed by atoms with Gasteiger partial charge in [-0.2, -0.15) is 0 Å². The van der Waals surface area contributed by atoms with Crippen LogP contribution in [0.25, 0.3) is 0 Å². The summed E-state index contributed by atoms with van der Waals surface area (Å²) in [6, 6.07) is 3.60. The number of carboxylic acid groups (broad SMARTS) is 1. The lowest BCUT2D eigenvalue weighted by atomic mass is 10.0. The van der Waals surface area contributed by atoms with Crippen molar-refractivity contribution in [3.8, 4) is 0 Å². The van der Waals surface area contributed by atoms with Crippen molar-refractivity contribution in [2.45, 2.75) is 32.2 Å². The highest BCUT2D eigenvalue weighted by Crippen LogP contribution is 2.15. The van der Waals surface area contributed by atoms with Crippen LogP contribution in [0.2, 0.25) is 0 Å². The highest BCUT2D eigenvalue weighted by molar-refractivity contribution is 5.66. The van der Waals surface area contributed by atoms with Crippen LogP contribution in [-0.2, 0) is 11.2 Å². The average molecular weight is 271 g/mol. The number of likely N-dealkylation sites (N-methyl/N-ethyl adjacent to an activating group) is 1. The fourth-order valence-corrected chi connectivity index (χ4v) is 2.01. The summed E-state index contributed by atoms with van der Waals surface area (Å²) < 4.78 is 26.4. The topological polar surface area (TPSA) is 40.5 Å². The van der Waals surface area contributed by atoms with E-state index >= 15 is 0 Å². The molecule has 0 aliphatic heterocycles. The van der Waals surface area contributed by atoms with Gasteiger partial charge in [0, 0.05) is 18.7 Å². The molecule has 0 radical (unpaired) electrons. The Hall–Kier alpha value is -1.49. The molecular formula is C14H19F2NO2. The van der Waals surface area contributed by atoms with E-state index in [9.17, 15) is 13.6 Å². The summed E-state index contributed by atoms with van der Waals surface area (Å²) in [6.07, 6.45) is 1.27. The Bertz CT molecular complexity index is 437. The number of hydrogen-bond donors (Lipinski definition) is 1. The van der Waals surface area contributed by atoms with Gasteiger partial charge in [0.2, 0.25) is 0 Å².